The molecular formula is C33H37IN2O7. The number of rotatable bonds is 12. The SMILES string of the molecule is COc1cc(/C=C(/CC[C@H]2OC[C@H]3C2=C(C)C[C@H]2C(=O)N(CCCCCC(=O)O)C(=O)[C@H]23)c2ccccn2)cc(I)c1O. The van der Waals surface area contributed by atoms with Crippen molar-refractivity contribution < 1.29 is 34.1 Å². The molecule has 1 aromatic carbocycles. The summed E-state index contributed by atoms with van der Waals surface area (Å²) in [4.78, 5) is 43.6. The Hall–Kier alpha value is -3.25. The zero-order valence-corrected chi connectivity index (χ0v) is 26.6. The number of unbranched alkanes of at least 4 members (excludes halogenated alkanes) is 2. The maximum Gasteiger partial charge on any atom is 0.303 e. The molecule has 4 atom stereocenters. The van der Waals surface area contributed by atoms with Crippen molar-refractivity contribution in [2.24, 2.45) is 17.8 Å². The molecule has 43 heavy (non-hydrogen) atoms. The number of aromatic hydroxyl groups is 1. The Bertz CT molecular complexity index is 1450. The molecule has 2 aromatic rings. The van der Waals surface area contributed by atoms with Gasteiger partial charge in [-0.15, -0.1) is 0 Å². The summed E-state index contributed by atoms with van der Waals surface area (Å²) in [6, 6.07) is 9.51. The van der Waals surface area contributed by atoms with Crippen LogP contribution in [-0.4, -0.2) is 64.2 Å². The third-order valence-corrected chi connectivity index (χ3v) is 9.62. The number of aromatic nitrogens is 1. The van der Waals surface area contributed by atoms with Gasteiger partial charge in [-0.25, -0.2) is 0 Å². The van der Waals surface area contributed by atoms with Gasteiger partial charge in [0, 0.05) is 25.1 Å². The minimum atomic E-state index is -0.831. The average Bonchev–Trinajstić information content (AvgIpc) is 3.52. The topological polar surface area (TPSA) is 126 Å². The molecule has 0 saturated carbocycles. The van der Waals surface area contributed by atoms with Crippen molar-refractivity contribution in [2.75, 3.05) is 20.3 Å². The van der Waals surface area contributed by atoms with Crippen LogP contribution in [0.2, 0.25) is 0 Å². The summed E-state index contributed by atoms with van der Waals surface area (Å²) in [6.45, 7) is 2.82. The number of halogens is 1. The molecule has 2 aliphatic heterocycles. The Kier molecular flexibility index (Phi) is 9.85. The molecule has 3 aliphatic rings. The van der Waals surface area contributed by atoms with Gasteiger partial charge in [0.1, 0.15) is 0 Å². The van der Waals surface area contributed by atoms with Crippen molar-refractivity contribution in [3.05, 3.63) is 62.5 Å². The fraction of sp³-hybridized carbons (Fsp3) is 0.455. The molecule has 10 heteroatoms. The fourth-order valence-corrected chi connectivity index (χ4v) is 7.41. The first-order valence-electron chi connectivity index (χ1n) is 14.8. The van der Waals surface area contributed by atoms with Crippen LogP contribution in [0, 0.1) is 21.3 Å². The molecule has 9 nitrogen and oxygen atoms in total. The lowest BCUT2D eigenvalue weighted by Gasteiger charge is -2.30. The number of phenolic OH excluding ortho intramolecular Hbond substituents is 1. The van der Waals surface area contributed by atoms with Gasteiger partial charge in [-0.3, -0.25) is 24.3 Å². The van der Waals surface area contributed by atoms with Crippen LogP contribution in [0.1, 0.15) is 63.1 Å². The van der Waals surface area contributed by atoms with E-state index in [1.54, 1.807) is 12.3 Å². The van der Waals surface area contributed by atoms with Crippen molar-refractivity contribution >= 4 is 52.0 Å². The molecule has 0 unspecified atom stereocenters. The van der Waals surface area contributed by atoms with Crippen LogP contribution >= 0.6 is 22.6 Å². The Balaban J connectivity index is 1.31. The van der Waals surface area contributed by atoms with E-state index in [-0.39, 0.29) is 41.9 Å². The predicted molar refractivity (Wildman–Crippen MR) is 169 cm³/mol. The van der Waals surface area contributed by atoms with E-state index >= 15 is 0 Å². The first-order valence-corrected chi connectivity index (χ1v) is 15.8. The van der Waals surface area contributed by atoms with Crippen LogP contribution in [-0.2, 0) is 19.1 Å². The highest BCUT2D eigenvalue weighted by Crippen LogP contribution is 2.50. The minimum absolute atomic E-state index is 0.0973. The Morgan fingerprint density at radius 3 is 2.70 bits per heavy atom. The van der Waals surface area contributed by atoms with Gasteiger partial charge in [0.15, 0.2) is 11.5 Å². The van der Waals surface area contributed by atoms with E-state index in [9.17, 15) is 19.5 Å². The van der Waals surface area contributed by atoms with Crippen molar-refractivity contribution in [1.29, 1.82) is 0 Å². The highest BCUT2D eigenvalue weighted by atomic mass is 127. The van der Waals surface area contributed by atoms with Gasteiger partial charge in [0.2, 0.25) is 11.8 Å². The van der Waals surface area contributed by atoms with Crippen LogP contribution < -0.4 is 4.74 Å². The average molecular weight is 701 g/mol. The fourth-order valence-electron chi connectivity index (χ4n) is 6.79. The summed E-state index contributed by atoms with van der Waals surface area (Å²) >= 11 is 2.09. The summed E-state index contributed by atoms with van der Waals surface area (Å²) in [5, 5.41) is 19.2. The van der Waals surface area contributed by atoms with Crippen LogP contribution in [0.4, 0.5) is 0 Å². The van der Waals surface area contributed by atoms with E-state index in [4.69, 9.17) is 14.6 Å². The van der Waals surface area contributed by atoms with E-state index in [1.807, 2.05) is 24.3 Å². The summed E-state index contributed by atoms with van der Waals surface area (Å²) < 4.78 is 12.4. The normalized spacial score (nSPS) is 23.5. The number of fused-ring (bicyclic) bond motifs is 3. The second-order valence-electron chi connectivity index (χ2n) is 11.5. The molecule has 5 rings (SSSR count). The summed E-state index contributed by atoms with van der Waals surface area (Å²) in [5.74, 6) is -1.38. The first kappa shape index (κ1) is 31.2. The van der Waals surface area contributed by atoms with Gasteiger partial charge in [-0.1, -0.05) is 18.1 Å². The molecule has 228 valence electrons. The second-order valence-corrected chi connectivity index (χ2v) is 12.7. The number of carbonyl (C=O) groups excluding carboxylic acids is 2. The van der Waals surface area contributed by atoms with Crippen molar-refractivity contribution in [2.45, 2.75) is 58.0 Å². The Morgan fingerprint density at radius 1 is 1.16 bits per heavy atom. The molecule has 0 bridgehead atoms. The number of carboxylic acids is 1. The number of imide groups is 1. The van der Waals surface area contributed by atoms with E-state index in [0.717, 1.165) is 28.0 Å². The molecule has 2 fully saturated rings. The van der Waals surface area contributed by atoms with Gasteiger partial charge in [0.05, 0.1) is 40.9 Å². The summed E-state index contributed by atoms with van der Waals surface area (Å²) in [5.41, 5.74) is 5.05. The molecule has 1 aromatic heterocycles. The van der Waals surface area contributed by atoms with Gasteiger partial charge >= 0.3 is 5.97 Å². The molecule has 0 spiro atoms. The molecule has 2 saturated heterocycles. The van der Waals surface area contributed by atoms with E-state index in [2.05, 4.69) is 40.6 Å². The zero-order valence-electron chi connectivity index (χ0n) is 24.4. The number of phenols is 1. The maximum absolute atomic E-state index is 13.5. The highest BCUT2D eigenvalue weighted by Gasteiger charge is 2.56. The number of nitrogens with zero attached hydrogens (tertiary/aromatic N) is 2. The van der Waals surface area contributed by atoms with Crippen molar-refractivity contribution in [3.63, 3.8) is 0 Å². The molecular weight excluding hydrogens is 663 g/mol. The van der Waals surface area contributed by atoms with Gasteiger partial charge in [-0.2, -0.15) is 0 Å². The van der Waals surface area contributed by atoms with Crippen LogP contribution in [0.5, 0.6) is 11.5 Å². The maximum atomic E-state index is 13.5. The lowest BCUT2D eigenvalue weighted by Crippen LogP contribution is -2.34. The van der Waals surface area contributed by atoms with E-state index < -0.39 is 11.9 Å². The number of hydrogen-bond acceptors (Lipinski definition) is 7. The van der Waals surface area contributed by atoms with Gasteiger partial charge < -0.3 is 19.7 Å². The summed E-state index contributed by atoms with van der Waals surface area (Å²) in [6.07, 6.45) is 7.52. The Labute approximate surface area is 265 Å². The van der Waals surface area contributed by atoms with Crippen LogP contribution in [0.15, 0.2) is 47.7 Å². The number of methoxy groups -OCH3 is 1. The molecule has 3 heterocycles. The second kappa shape index (κ2) is 13.6. The van der Waals surface area contributed by atoms with E-state index in [1.165, 1.54) is 12.0 Å². The molecule has 2 N–H and O–H groups in total. The predicted octanol–water partition coefficient (Wildman–Crippen LogP) is 5.70. The monoisotopic (exact) mass is 700 g/mol. The number of amides is 2. The van der Waals surface area contributed by atoms with Crippen LogP contribution in [0.25, 0.3) is 11.6 Å². The standard InChI is InChI=1S/C33H37IN2O7/c1-19-14-22-30(33(41)36(32(22)40)13-7-3-4-9-28(37)38)23-18-43-26(29(19)23)11-10-21(25-8-5-6-12-35-25)15-20-16-24(34)31(39)27(17-20)42-2/h5-6,8,12,15-17,22-23,26,30,39H,3-4,7,9-11,13-14,18H2,1-2H3,(H,37,38)/b21-15-/t22-,23+,26-,30-/m1/s1. The number of likely N-dealkylation sites (tertiary alicyclic amines) is 1. The number of allylic oxidation sites excluding steroid dienone is 2. The number of aliphatic carboxylic acids is 1. The van der Waals surface area contributed by atoms with Crippen molar-refractivity contribution in [1.82, 2.24) is 9.88 Å². The third kappa shape index (κ3) is 6.64. The smallest absolute Gasteiger partial charge is 0.303 e. The lowest BCUT2D eigenvalue weighted by molar-refractivity contribution is -0.141. The number of pyridine rings is 1. The number of ether oxygens (including phenoxy) is 2. The Morgan fingerprint density at radius 2 is 1.98 bits per heavy atom. The third-order valence-electron chi connectivity index (χ3n) is 8.80. The summed E-state index contributed by atoms with van der Waals surface area (Å²) in [7, 11) is 1.53. The highest BCUT2D eigenvalue weighted by molar-refractivity contribution is 14.1. The quantitative estimate of drug-likeness (QED) is 0.125. The minimum Gasteiger partial charge on any atom is -0.504 e. The first-order chi connectivity index (χ1) is 20.7. The molecule has 2 amide bonds. The van der Waals surface area contributed by atoms with Gasteiger partial charge in [-0.05, 0) is 109 Å². The molecule has 0 radical (unpaired) electrons. The van der Waals surface area contributed by atoms with Gasteiger partial charge in [0.25, 0.3) is 0 Å². The number of carboxylic acid groups (broad SMARTS) is 1. The largest absolute Gasteiger partial charge is 0.504 e. The number of benzene rings is 1. The van der Waals surface area contributed by atoms with Crippen molar-refractivity contribution in [3.8, 4) is 11.5 Å². The number of hydrogen-bond donors (Lipinski definition) is 2. The lowest BCUT2D eigenvalue weighted by atomic mass is 9.70. The van der Waals surface area contributed by atoms with E-state index in [0.29, 0.717) is 61.0 Å². The zero-order chi connectivity index (χ0) is 30.7. The number of carbonyl (C=O) groups is 3. The van der Waals surface area contributed by atoms with Crippen LogP contribution in [0.3, 0.4) is 0 Å². The molecule has 1 aliphatic carbocycles.